The standard InChI is InChI=1S/C19H19F3N6O4S/c1-33(29,30)15-4-2-13(3-5-15)12-31-14-10-23-17(24-11-14)27-6-8-28(9-7-27)18-25-16(32-26-18)19(20,21)22/h2-5,10-11H,6-9,12H2,1H3. The number of ether oxygens (including phenoxy) is 1. The summed E-state index contributed by atoms with van der Waals surface area (Å²) < 4.78 is 70.8. The van der Waals surface area contributed by atoms with Gasteiger partial charge in [-0.05, 0) is 22.9 Å². The van der Waals surface area contributed by atoms with Crippen LogP contribution in [0.15, 0.2) is 46.1 Å². The molecule has 0 unspecified atom stereocenters. The highest BCUT2D eigenvalue weighted by molar-refractivity contribution is 7.90. The molecule has 1 aliphatic heterocycles. The molecule has 0 atom stereocenters. The highest BCUT2D eigenvalue weighted by Gasteiger charge is 2.39. The molecule has 0 aliphatic carbocycles. The SMILES string of the molecule is CS(=O)(=O)c1ccc(COc2cnc(N3CCN(c4noc(C(F)(F)F)n4)CC3)nc2)cc1. The lowest BCUT2D eigenvalue weighted by Crippen LogP contribution is -2.47. The van der Waals surface area contributed by atoms with Crippen LogP contribution in [-0.2, 0) is 22.6 Å². The van der Waals surface area contributed by atoms with Crippen LogP contribution in [0.3, 0.4) is 0 Å². The van der Waals surface area contributed by atoms with E-state index >= 15 is 0 Å². The second-order valence-corrected chi connectivity index (χ2v) is 9.31. The van der Waals surface area contributed by atoms with Crippen molar-refractivity contribution < 1.29 is 30.8 Å². The zero-order valence-electron chi connectivity index (χ0n) is 17.4. The van der Waals surface area contributed by atoms with Gasteiger partial charge < -0.3 is 19.1 Å². The predicted octanol–water partition coefficient (Wildman–Crippen LogP) is 2.19. The molecular weight excluding hydrogens is 465 g/mol. The molecule has 1 saturated heterocycles. The van der Waals surface area contributed by atoms with Gasteiger partial charge in [-0.3, -0.25) is 0 Å². The summed E-state index contributed by atoms with van der Waals surface area (Å²) in [6.45, 7) is 1.89. The summed E-state index contributed by atoms with van der Waals surface area (Å²) in [6.07, 6.45) is -0.487. The van der Waals surface area contributed by atoms with Crippen molar-refractivity contribution in [3.05, 3.63) is 48.1 Å². The number of hydrogen-bond donors (Lipinski definition) is 0. The van der Waals surface area contributed by atoms with Crippen LogP contribution in [0.5, 0.6) is 5.75 Å². The molecule has 1 fully saturated rings. The second-order valence-electron chi connectivity index (χ2n) is 7.29. The average Bonchev–Trinajstić information content (AvgIpc) is 3.29. The first-order chi connectivity index (χ1) is 15.6. The molecule has 0 spiro atoms. The van der Waals surface area contributed by atoms with Crippen LogP contribution in [0.25, 0.3) is 0 Å². The maximum atomic E-state index is 12.6. The molecule has 0 amide bonds. The zero-order valence-corrected chi connectivity index (χ0v) is 18.2. The molecule has 2 aromatic heterocycles. The number of benzene rings is 1. The maximum Gasteiger partial charge on any atom is 0.471 e. The minimum atomic E-state index is -4.68. The van der Waals surface area contributed by atoms with Crippen LogP contribution in [0.1, 0.15) is 11.5 Å². The molecule has 0 N–H and O–H groups in total. The van der Waals surface area contributed by atoms with E-state index in [1.54, 1.807) is 17.0 Å². The molecule has 33 heavy (non-hydrogen) atoms. The average molecular weight is 484 g/mol. The summed E-state index contributed by atoms with van der Waals surface area (Å²) in [7, 11) is -3.25. The number of rotatable bonds is 6. The smallest absolute Gasteiger partial charge is 0.471 e. The largest absolute Gasteiger partial charge is 0.486 e. The number of sulfone groups is 1. The van der Waals surface area contributed by atoms with Crippen molar-refractivity contribution in [2.45, 2.75) is 17.7 Å². The Bertz CT molecular complexity index is 1190. The van der Waals surface area contributed by atoms with Crippen molar-refractivity contribution in [2.75, 3.05) is 42.2 Å². The minimum Gasteiger partial charge on any atom is -0.486 e. The van der Waals surface area contributed by atoms with Crippen LogP contribution < -0.4 is 14.5 Å². The van der Waals surface area contributed by atoms with E-state index in [1.165, 1.54) is 24.5 Å². The van der Waals surface area contributed by atoms with Gasteiger partial charge in [0.25, 0.3) is 5.95 Å². The third-order valence-electron chi connectivity index (χ3n) is 4.87. The normalized spacial score (nSPS) is 15.0. The van der Waals surface area contributed by atoms with E-state index in [0.29, 0.717) is 37.9 Å². The molecule has 0 saturated carbocycles. The molecule has 0 radical (unpaired) electrons. The maximum absolute atomic E-state index is 12.6. The molecule has 1 aliphatic rings. The highest BCUT2D eigenvalue weighted by atomic mass is 32.2. The van der Waals surface area contributed by atoms with E-state index < -0.39 is 21.9 Å². The molecule has 176 valence electrons. The van der Waals surface area contributed by atoms with Crippen molar-refractivity contribution in [3.63, 3.8) is 0 Å². The summed E-state index contributed by atoms with van der Waals surface area (Å²) in [4.78, 5) is 15.7. The number of aromatic nitrogens is 4. The Morgan fingerprint density at radius 3 is 2.09 bits per heavy atom. The lowest BCUT2D eigenvalue weighted by atomic mass is 10.2. The van der Waals surface area contributed by atoms with Gasteiger partial charge in [-0.2, -0.15) is 18.2 Å². The second kappa shape index (κ2) is 8.84. The highest BCUT2D eigenvalue weighted by Crippen LogP contribution is 2.29. The lowest BCUT2D eigenvalue weighted by molar-refractivity contribution is -0.159. The Hall–Kier alpha value is -3.42. The number of hydrogen-bond acceptors (Lipinski definition) is 10. The van der Waals surface area contributed by atoms with Crippen molar-refractivity contribution in [1.82, 2.24) is 20.1 Å². The van der Waals surface area contributed by atoms with E-state index in [1.807, 2.05) is 4.90 Å². The Labute approximate surface area is 186 Å². The number of alkyl halides is 3. The third kappa shape index (κ3) is 5.50. The fraction of sp³-hybridized carbons (Fsp3) is 0.368. The quantitative estimate of drug-likeness (QED) is 0.516. The van der Waals surface area contributed by atoms with Crippen LogP contribution >= 0.6 is 0 Å². The molecule has 1 aromatic carbocycles. The number of halogens is 3. The van der Waals surface area contributed by atoms with Gasteiger partial charge in [-0.1, -0.05) is 12.1 Å². The fourth-order valence-corrected chi connectivity index (χ4v) is 3.74. The summed E-state index contributed by atoms with van der Waals surface area (Å²) in [5, 5.41) is 3.40. The van der Waals surface area contributed by atoms with Crippen LogP contribution in [0.2, 0.25) is 0 Å². The van der Waals surface area contributed by atoms with Crippen LogP contribution in [0.4, 0.5) is 25.1 Å². The van der Waals surface area contributed by atoms with Gasteiger partial charge >= 0.3 is 12.1 Å². The van der Waals surface area contributed by atoms with E-state index in [-0.39, 0.29) is 17.5 Å². The van der Waals surface area contributed by atoms with Gasteiger partial charge in [-0.25, -0.2) is 18.4 Å². The van der Waals surface area contributed by atoms with Gasteiger partial charge in [-0.15, -0.1) is 0 Å². The Balaban J connectivity index is 1.29. The first-order valence-corrected chi connectivity index (χ1v) is 11.6. The Morgan fingerprint density at radius 2 is 1.58 bits per heavy atom. The van der Waals surface area contributed by atoms with Gasteiger partial charge in [0.2, 0.25) is 5.95 Å². The number of anilines is 2. The molecule has 10 nitrogen and oxygen atoms in total. The van der Waals surface area contributed by atoms with Crippen molar-refractivity contribution in [3.8, 4) is 5.75 Å². The first-order valence-electron chi connectivity index (χ1n) is 9.74. The molecule has 14 heteroatoms. The monoisotopic (exact) mass is 484 g/mol. The fourth-order valence-electron chi connectivity index (χ4n) is 3.11. The predicted molar refractivity (Wildman–Crippen MR) is 110 cm³/mol. The number of piperazine rings is 1. The third-order valence-corrected chi connectivity index (χ3v) is 6.00. The molecule has 0 bridgehead atoms. The van der Waals surface area contributed by atoms with Gasteiger partial charge in [0.1, 0.15) is 6.61 Å². The molecule has 4 rings (SSSR count). The molecule has 3 heterocycles. The lowest BCUT2D eigenvalue weighted by Gasteiger charge is -2.33. The van der Waals surface area contributed by atoms with E-state index in [2.05, 4.69) is 24.6 Å². The van der Waals surface area contributed by atoms with E-state index in [4.69, 9.17) is 4.74 Å². The molecule has 3 aromatic rings. The Morgan fingerprint density at radius 1 is 1.00 bits per heavy atom. The zero-order chi connectivity index (χ0) is 23.6. The Kier molecular flexibility index (Phi) is 6.10. The van der Waals surface area contributed by atoms with Gasteiger partial charge in [0.15, 0.2) is 15.6 Å². The van der Waals surface area contributed by atoms with E-state index in [9.17, 15) is 21.6 Å². The van der Waals surface area contributed by atoms with E-state index in [0.717, 1.165) is 11.8 Å². The van der Waals surface area contributed by atoms with Gasteiger partial charge in [0.05, 0.1) is 17.3 Å². The van der Waals surface area contributed by atoms with Gasteiger partial charge in [0, 0.05) is 32.4 Å². The van der Waals surface area contributed by atoms with Crippen LogP contribution in [0, 0.1) is 0 Å². The number of nitrogens with zero attached hydrogens (tertiary/aromatic N) is 6. The van der Waals surface area contributed by atoms with Crippen molar-refractivity contribution >= 4 is 21.7 Å². The summed E-state index contributed by atoms with van der Waals surface area (Å²) in [5.74, 6) is -0.568. The summed E-state index contributed by atoms with van der Waals surface area (Å²) in [5.41, 5.74) is 0.790. The van der Waals surface area contributed by atoms with Crippen molar-refractivity contribution in [1.29, 1.82) is 0 Å². The summed E-state index contributed by atoms with van der Waals surface area (Å²) in [6, 6.07) is 6.39. The van der Waals surface area contributed by atoms with Crippen LogP contribution in [-0.4, -0.2) is 61.0 Å². The van der Waals surface area contributed by atoms with Crippen molar-refractivity contribution in [2.24, 2.45) is 0 Å². The first kappa shape index (κ1) is 22.8. The topological polar surface area (TPSA) is 115 Å². The molecular formula is C19H19F3N6O4S. The summed E-state index contributed by atoms with van der Waals surface area (Å²) >= 11 is 0. The minimum absolute atomic E-state index is 0.101.